The van der Waals surface area contributed by atoms with Crippen LogP contribution in [0.5, 0.6) is 5.75 Å². The van der Waals surface area contributed by atoms with E-state index < -0.39 is 0 Å². The van der Waals surface area contributed by atoms with Crippen molar-refractivity contribution in [3.05, 3.63) is 76.6 Å². The van der Waals surface area contributed by atoms with E-state index in [2.05, 4.69) is 27.8 Å². The van der Waals surface area contributed by atoms with Crippen molar-refractivity contribution in [1.29, 1.82) is 0 Å². The Morgan fingerprint density at radius 3 is 2.42 bits per heavy atom. The molecule has 0 atom stereocenters. The third kappa shape index (κ3) is 6.39. The summed E-state index contributed by atoms with van der Waals surface area (Å²) in [5.74, 6) is 0.492. The van der Waals surface area contributed by atoms with Crippen LogP contribution in [0.3, 0.4) is 0 Å². The molecule has 3 rings (SSSR count). The molecule has 1 heterocycles. The quantitative estimate of drug-likeness (QED) is 0.345. The molecule has 2 aromatic carbocycles. The van der Waals surface area contributed by atoms with Crippen molar-refractivity contribution in [3.63, 3.8) is 0 Å². The van der Waals surface area contributed by atoms with Crippen LogP contribution in [0.2, 0.25) is 0 Å². The molecule has 1 aromatic heterocycles. The van der Waals surface area contributed by atoms with Crippen LogP contribution >= 0.6 is 12.2 Å². The predicted molar refractivity (Wildman–Crippen MR) is 128 cm³/mol. The average Bonchev–Trinajstić information content (AvgIpc) is 3.07. The topological polar surface area (TPSA) is 79.0 Å². The van der Waals surface area contributed by atoms with Crippen LogP contribution < -0.4 is 15.4 Å². The molecular formula is C24H28N4O2S. The Labute approximate surface area is 188 Å². The van der Waals surface area contributed by atoms with Crippen molar-refractivity contribution >= 4 is 28.9 Å². The van der Waals surface area contributed by atoms with Crippen molar-refractivity contribution in [2.75, 3.05) is 11.9 Å². The number of rotatable bonds is 8. The number of benzene rings is 2. The molecule has 0 aliphatic carbocycles. The van der Waals surface area contributed by atoms with Gasteiger partial charge in [0.05, 0.1) is 12.3 Å². The number of thiocarbonyl (C=S) groups is 1. The van der Waals surface area contributed by atoms with E-state index in [0.29, 0.717) is 12.2 Å². The van der Waals surface area contributed by atoms with Crippen LogP contribution in [0.25, 0.3) is 0 Å². The minimum Gasteiger partial charge on any atom is -0.494 e. The number of aromatic amines is 1. The maximum absolute atomic E-state index is 12.4. The van der Waals surface area contributed by atoms with E-state index in [0.717, 1.165) is 42.1 Å². The minimum atomic E-state index is -0.264. The van der Waals surface area contributed by atoms with Gasteiger partial charge in [0, 0.05) is 28.9 Å². The van der Waals surface area contributed by atoms with Crippen LogP contribution in [-0.4, -0.2) is 27.8 Å². The van der Waals surface area contributed by atoms with Gasteiger partial charge in [0.1, 0.15) is 5.75 Å². The Morgan fingerprint density at radius 2 is 1.81 bits per heavy atom. The Balaban J connectivity index is 1.51. The number of hydrogen-bond donors (Lipinski definition) is 3. The van der Waals surface area contributed by atoms with Gasteiger partial charge in [-0.1, -0.05) is 25.5 Å². The summed E-state index contributed by atoms with van der Waals surface area (Å²) in [7, 11) is 0. The summed E-state index contributed by atoms with van der Waals surface area (Å²) in [6.07, 6.45) is 2.90. The molecule has 162 valence electrons. The normalized spacial score (nSPS) is 10.5. The monoisotopic (exact) mass is 436 g/mol. The number of anilines is 1. The summed E-state index contributed by atoms with van der Waals surface area (Å²) in [4.78, 5) is 12.4. The number of amides is 1. The second-order valence-corrected chi connectivity index (χ2v) is 7.83. The van der Waals surface area contributed by atoms with E-state index in [1.54, 1.807) is 24.3 Å². The van der Waals surface area contributed by atoms with Crippen molar-refractivity contribution in [3.8, 4) is 5.75 Å². The third-order valence-electron chi connectivity index (χ3n) is 4.98. The molecule has 0 fully saturated rings. The maximum atomic E-state index is 12.4. The average molecular weight is 437 g/mol. The number of aromatic nitrogens is 2. The van der Waals surface area contributed by atoms with Gasteiger partial charge in [-0.15, -0.1) is 0 Å². The molecule has 3 aromatic rings. The van der Waals surface area contributed by atoms with Crippen LogP contribution in [-0.2, 0) is 6.42 Å². The second kappa shape index (κ2) is 10.7. The van der Waals surface area contributed by atoms with Crippen molar-refractivity contribution in [2.45, 2.75) is 40.0 Å². The number of nitrogens with zero attached hydrogens (tertiary/aromatic N) is 1. The standard InChI is InChI=1S/C24H28N4O2S/c1-4-5-14-30-21-12-8-19(9-13-21)23(29)26-24(31)25-20-10-6-18(7-11-20)15-22-16(2)27-28-17(22)3/h6-13H,4-5,14-15H2,1-3H3,(H,27,28)(H2,25,26,29,31). The number of ether oxygens (including phenoxy) is 1. The number of carbonyl (C=O) groups is 1. The molecule has 31 heavy (non-hydrogen) atoms. The first-order valence-corrected chi connectivity index (χ1v) is 10.8. The first-order chi connectivity index (χ1) is 15.0. The van der Waals surface area contributed by atoms with Gasteiger partial charge in [0.25, 0.3) is 5.91 Å². The highest BCUT2D eigenvalue weighted by Crippen LogP contribution is 2.18. The van der Waals surface area contributed by atoms with Gasteiger partial charge >= 0.3 is 0 Å². The predicted octanol–water partition coefficient (Wildman–Crippen LogP) is 4.92. The molecule has 0 saturated carbocycles. The first-order valence-electron chi connectivity index (χ1n) is 10.4. The number of nitrogens with one attached hydrogen (secondary N) is 3. The number of hydrogen-bond acceptors (Lipinski definition) is 4. The zero-order valence-corrected chi connectivity index (χ0v) is 18.9. The van der Waals surface area contributed by atoms with E-state index >= 15 is 0 Å². The highest BCUT2D eigenvalue weighted by atomic mass is 32.1. The Hall–Kier alpha value is -3.19. The smallest absolute Gasteiger partial charge is 0.257 e. The van der Waals surface area contributed by atoms with Gasteiger partial charge in [-0.3, -0.25) is 15.2 Å². The van der Waals surface area contributed by atoms with E-state index in [1.165, 1.54) is 11.1 Å². The lowest BCUT2D eigenvalue weighted by Gasteiger charge is -2.11. The summed E-state index contributed by atoms with van der Waals surface area (Å²) in [6.45, 7) is 6.82. The summed E-state index contributed by atoms with van der Waals surface area (Å²) in [6, 6.07) is 15.0. The molecule has 0 bridgehead atoms. The van der Waals surface area contributed by atoms with E-state index in [4.69, 9.17) is 17.0 Å². The van der Waals surface area contributed by atoms with Crippen LogP contribution in [0, 0.1) is 13.8 Å². The van der Waals surface area contributed by atoms with Gasteiger partial charge in [-0.2, -0.15) is 5.10 Å². The van der Waals surface area contributed by atoms with Crippen LogP contribution in [0.4, 0.5) is 5.69 Å². The van der Waals surface area contributed by atoms with Crippen molar-refractivity contribution < 1.29 is 9.53 Å². The maximum Gasteiger partial charge on any atom is 0.257 e. The highest BCUT2D eigenvalue weighted by Gasteiger charge is 2.10. The van der Waals surface area contributed by atoms with Crippen molar-refractivity contribution in [2.24, 2.45) is 0 Å². The molecule has 3 N–H and O–H groups in total. The van der Waals surface area contributed by atoms with Gasteiger partial charge in [-0.05, 0) is 74.4 Å². The van der Waals surface area contributed by atoms with E-state index in [1.807, 2.05) is 38.1 Å². The minimum absolute atomic E-state index is 0.252. The number of H-pyrrole nitrogens is 1. The third-order valence-corrected chi connectivity index (χ3v) is 5.19. The zero-order valence-electron chi connectivity index (χ0n) is 18.1. The SMILES string of the molecule is CCCCOc1ccc(C(=O)NC(=S)Nc2ccc(Cc3c(C)n[nH]c3C)cc2)cc1. The van der Waals surface area contributed by atoms with Crippen LogP contribution in [0.15, 0.2) is 48.5 Å². The Kier molecular flexibility index (Phi) is 7.78. The molecular weight excluding hydrogens is 408 g/mol. The van der Waals surface area contributed by atoms with E-state index in [9.17, 15) is 4.79 Å². The lowest BCUT2D eigenvalue weighted by Crippen LogP contribution is -2.34. The van der Waals surface area contributed by atoms with Gasteiger partial charge in [-0.25, -0.2) is 0 Å². The molecule has 0 radical (unpaired) electrons. The first kappa shape index (κ1) is 22.5. The molecule has 0 aliphatic rings. The summed E-state index contributed by atoms with van der Waals surface area (Å²) >= 11 is 5.29. The lowest BCUT2D eigenvalue weighted by molar-refractivity contribution is 0.0977. The fourth-order valence-corrected chi connectivity index (χ4v) is 3.33. The summed E-state index contributed by atoms with van der Waals surface area (Å²) < 4.78 is 5.62. The highest BCUT2D eigenvalue weighted by molar-refractivity contribution is 7.80. The number of aryl methyl sites for hydroxylation is 2. The molecule has 7 heteroatoms. The largest absolute Gasteiger partial charge is 0.494 e. The Bertz CT molecular complexity index is 1010. The zero-order chi connectivity index (χ0) is 22.2. The number of unbranched alkanes of at least 4 members (excludes halogenated alkanes) is 1. The molecule has 6 nitrogen and oxygen atoms in total. The summed E-state index contributed by atoms with van der Waals surface area (Å²) in [5, 5.41) is 13.3. The fourth-order valence-electron chi connectivity index (χ4n) is 3.12. The molecule has 1 amide bonds. The van der Waals surface area contributed by atoms with Crippen LogP contribution in [0.1, 0.15) is 52.6 Å². The summed E-state index contributed by atoms with van der Waals surface area (Å²) in [5.41, 5.74) is 5.83. The molecule has 0 saturated heterocycles. The van der Waals surface area contributed by atoms with Gasteiger partial charge in [0.15, 0.2) is 5.11 Å². The van der Waals surface area contributed by atoms with Gasteiger partial charge in [0.2, 0.25) is 0 Å². The molecule has 0 unspecified atom stereocenters. The Morgan fingerprint density at radius 1 is 1.10 bits per heavy atom. The lowest BCUT2D eigenvalue weighted by atomic mass is 10.0. The van der Waals surface area contributed by atoms with Gasteiger partial charge < -0.3 is 10.1 Å². The van der Waals surface area contributed by atoms with E-state index in [-0.39, 0.29) is 11.0 Å². The molecule has 0 spiro atoms. The fraction of sp³-hybridized carbons (Fsp3) is 0.292. The molecule has 0 aliphatic heterocycles. The second-order valence-electron chi connectivity index (χ2n) is 7.42. The number of carbonyl (C=O) groups excluding carboxylic acids is 1. The van der Waals surface area contributed by atoms with Crippen molar-refractivity contribution in [1.82, 2.24) is 15.5 Å².